The lowest BCUT2D eigenvalue weighted by Gasteiger charge is -2.39. The van der Waals surface area contributed by atoms with Gasteiger partial charge in [-0.15, -0.1) is 0 Å². The average Bonchev–Trinajstić information content (AvgIpc) is 4.06. The van der Waals surface area contributed by atoms with E-state index in [9.17, 15) is 9.59 Å². The molecule has 5 aromatic carbocycles. The van der Waals surface area contributed by atoms with Crippen LogP contribution in [0.25, 0.3) is 0 Å². The summed E-state index contributed by atoms with van der Waals surface area (Å²) in [7, 11) is -0.668. The van der Waals surface area contributed by atoms with Crippen LogP contribution in [0.4, 0.5) is 5.82 Å². The molecule has 3 aliphatic heterocycles. The first kappa shape index (κ1) is 43.7. The molecule has 1 aromatic heterocycles. The third-order valence-corrected chi connectivity index (χ3v) is 19.0. The van der Waals surface area contributed by atoms with E-state index in [1.54, 1.807) is 26.5 Å². The summed E-state index contributed by atoms with van der Waals surface area (Å²) >= 11 is 0. The fourth-order valence-electron chi connectivity index (χ4n) is 9.52. The van der Waals surface area contributed by atoms with E-state index in [4.69, 9.17) is 28.0 Å². The number of fused-ring (bicyclic) bond motifs is 1. The molecule has 3 aliphatic rings. The van der Waals surface area contributed by atoms with Gasteiger partial charge in [0.25, 0.3) is 8.53 Å². The lowest BCUT2D eigenvalue weighted by Crippen LogP contribution is -2.58. The van der Waals surface area contributed by atoms with Crippen molar-refractivity contribution in [2.45, 2.75) is 68.5 Å². The number of ether oxygens (including phenoxy) is 4. The van der Waals surface area contributed by atoms with Crippen molar-refractivity contribution in [3.8, 4) is 11.5 Å². The van der Waals surface area contributed by atoms with Crippen molar-refractivity contribution in [2.75, 3.05) is 32.7 Å². The molecule has 0 unspecified atom stereocenters. The number of nitrogens with zero attached hydrogens (tertiary/aromatic N) is 3. The Morgan fingerprint density at radius 1 is 0.812 bits per heavy atom. The van der Waals surface area contributed by atoms with Crippen LogP contribution >= 0.6 is 8.53 Å². The first-order valence-corrected chi connectivity index (χ1v) is 25.6. The van der Waals surface area contributed by atoms with E-state index in [1.807, 2.05) is 66.7 Å². The monoisotopic (exact) mass is 896 g/mol. The van der Waals surface area contributed by atoms with Crippen molar-refractivity contribution < 1.29 is 32.8 Å². The van der Waals surface area contributed by atoms with Gasteiger partial charge >= 0.3 is 5.69 Å². The number of hydrogen-bond donors (Lipinski definition) is 1. The summed E-state index contributed by atoms with van der Waals surface area (Å²) in [5, 5.41) is 5.33. The van der Waals surface area contributed by atoms with Gasteiger partial charge in [-0.3, -0.25) is 9.36 Å². The molecular formula is C50H53N4O8PSi. The Labute approximate surface area is 376 Å². The van der Waals surface area contributed by atoms with Gasteiger partial charge in [-0.25, -0.2) is 9.46 Å². The van der Waals surface area contributed by atoms with Gasteiger partial charge in [-0.2, -0.15) is 4.98 Å². The van der Waals surface area contributed by atoms with Crippen LogP contribution in [0.2, 0.25) is 12.6 Å². The van der Waals surface area contributed by atoms with Gasteiger partial charge in [0.1, 0.15) is 43.2 Å². The minimum Gasteiger partial charge on any atom is -0.497 e. The van der Waals surface area contributed by atoms with Crippen LogP contribution in [0.1, 0.15) is 42.7 Å². The van der Waals surface area contributed by atoms with Gasteiger partial charge in [0.05, 0.1) is 26.9 Å². The SMILES string of the molecule is COc1ccc(C(O[C@H]2CO[C@@H](n3ccc(NC(C)=O)nc3=O)[C@@H]2O[P@@]2O[C@H](C[Si](C)(c3ccccc3)c3ccccc3)[C@@H]3CCCN32)(c2ccccc2)c2ccc(OC)cc2)cc1. The van der Waals surface area contributed by atoms with Crippen LogP contribution in [-0.2, 0) is 28.9 Å². The van der Waals surface area contributed by atoms with Crippen molar-refractivity contribution in [2.24, 2.45) is 0 Å². The second-order valence-electron chi connectivity index (χ2n) is 16.7. The van der Waals surface area contributed by atoms with Crippen molar-refractivity contribution >= 4 is 38.7 Å². The number of methoxy groups -OCH3 is 2. The minimum atomic E-state index is -2.31. The standard InChI is InChI=1S/C50H53N4O8PSi/c1-35(55)51-46-30-32-53(49(56)52-46)48-47(62-63-54-31-14-21-43(54)45(61-63)34-64(4,41-17-10-6-11-18-41)42-19-12-7-13-20-42)44(33-59-48)60-50(36-15-8-5-9-16-36,37-22-26-39(57-2)27-23-37)38-24-28-40(58-3)29-25-38/h5-13,15-20,22-30,32,43-45,47-48H,14,21,31,33-34H2,1-4H3,(H,51,52,55,56)/t43-,44-,45+,47+,48+,63+/m0/s1. The Morgan fingerprint density at radius 2 is 1.38 bits per heavy atom. The van der Waals surface area contributed by atoms with E-state index in [0.717, 1.165) is 42.1 Å². The predicted molar refractivity (Wildman–Crippen MR) is 250 cm³/mol. The maximum absolute atomic E-state index is 13.9. The molecule has 6 atom stereocenters. The van der Waals surface area contributed by atoms with Crippen LogP contribution in [0.5, 0.6) is 11.5 Å². The molecular weight excluding hydrogens is 844 g/mol. The summed E-state index contributed by atoms with van der Waals surface area (Å²) in [6, 6.07) is 50.1. The van der Waals surface area contributed by atoms with Crippen LogP contribution < -0.4 is 30.9 Å². The van der Waals surface area contributed by atoms with Crippen LogP contribution in [0.3, 0.4) is 0 Å². The van der Waals surface area contributed by atoms with Gasteiger partial charge in [0.2, 0.25) is 5.91 Å². The molecule has 0 saturated carbocycles. The van der Waals surface area contributed by atoms with Gasteiger partial charge in [-0.05, 0) is 65.9 Å². The zero-order chi connectivity index (χ0) is 44.3. The largest absolute Gasteiger partial charge is 0.497 e. The average molecular weight is 897 g/mol. The van der Waals surface area contributed by atoms with Crippen molar-refractivity contribution in [1.29, 1.82) is 0 Å². The van der Waals surface area contributed by atoms with E-state index in [1.165, 1.54) is 21.9 Å². The molecule has 1 amide bonds. The molecule has 1 N–H and O–H groups in total. The fourth-order valence-corrected chi connectivity index (χ4v) is 15.5. The maximum Gasteiger partial charge on any atom is 0.351 e. The van der Waals surface area contributed by atoms with E-state index >= 15 is 0 Å². The topological polar surface area (TPSA) is 123 Å². The number of carbonyl (C=O) groups excluding carboxylic acids is 1. The number of anilines is 1. The summed E-state index contributed by atoms with van der Waals surface area (Å²) in [5.41, 5.74) is 0.761. The second kappa shape index (κ2) is 18.9. The van der Waals surface area contributed by atoms with Crippen molar-refractivity contribution in [3.63, 3.8) is 0 Å². The van der Waals surface area contributed by atoms with E-state index in [0.29, 0.717) is 11.5 Å². The second-order valence-corrected chi connectivity index (χ2v) is 22.3. The number of nitrogens with one attached hydrogen (secondary N) is 1. The number of benzene rings is 5. The fraction of sp³-hybridized carbons (Fsp3) is 0.300. The highest BCUT2D eigenvalue weighted by atomic mass is 31.2. The first-order chi connectivity index (χ1) is 31.2. The van der Waals surface area contributed by atoms with E-state index < -0.39 is 46.3 Å². The Balaban J connectivity index is 1.12. The number of rotatable bonds is 15. The molecule has 6 aromatic rings. The van der Waals surface area contributed by atoms with Gasteiger partial charge in [0.15, 0.2) is 6.23 Å². The minimum absolute atomic E-state index is 0.0825. The number of aromatic nitrogens is 2. The summed E-state index contributed by atoms with van der Waals surface area (Å²) in [5.74, 6) is 1.22. The highest BCUT2D eigenvalue weighted by Crippen LogP contribution is 2.59. The summed E-state index contributed by atoms with van der Waals surface area (Å²) in [4.78, 5) is 30.0. The number of amides is 1. The smallest absolute Gasteiger partial charge is 0.351 e. The number of hydrogen-bond acceptors (Lipinski definition) is 10. The van der Waals surface area contributed by atoms with Crippen molar-refractivity contribution in [1.82, 2.24) is 14.2 Å². The molecule has 4 heterocycles. The van der Waals surface area contributed by atoms with E-state index in [2.05, 4.69) is 94.3 Å². The maximum atomic E-state index is 13.9. The quantitative estimate of drug-likeness (QED) is 0.0631. The summed E-state index contributed by atoms with van der Waals surface area (Å²) < 4.78 is 43.8. The van der Waals surface area contributed by atoms with Gasteiger partial charge in [-0.1, -0.05) is 132 Å². The normalized spacial score (nSPS) is 22.2. The Kier molecular flexibility index (Phi) is 12.9. The molecule has 3 fully saturated rings. The molecule has 330 valence electrons. The predicted octanol–water partition coefficient (Wildman–Crippen LogP) is 7.49. The lowest BCUT2D eigenvalue weighted by atomic mass is 9.79. The number of carbonyl (C=O) groups is 1. The molecule has 0 aliphatic carbocycles. The first-order valence-electron chi connectivity index (χ1n) is 21.7. The molecule has 64 heavy (non-hydrogen) atoms. The third kappa shape index (κ3) is 8.57. The van der Waals surface area contributed by atoms with E-state index in [-0.39, 0.29) is 30.5 Å². The highest BCUT2D eigenvalue weighted by molar-refractivity contribution is 7.45. The molecule has 14 heteroatoms. The zero-order valence-corrected chi connectivity index (χ0v) is 38.3. The molecule has 0 bridgehead atoms. The van der Waals surface area contributed by atoms with Gasteiger partial charge in [0, 0.05) is 25.7 Å². The molecule has 3 saturated heterocycles. The van der Waals surface area contributed by atoms with Crippen LogP contribution in [-0.4, -0.2) is 79.9 Å². The highest BCUT2D eigenvalue weighted by Gasteiger charge is 2.54. The molecule has 0 radical (unpaired) electrons. The van der Waals surface area contributed by atoms with Gasteiger partial charge < -0.3 is 33.3 Å². The Morgan fingerprint density at radius 3 is 1.92 bits per heavy atom. The van der Waals surface area contributed by atoms with Crippen LogP contribution in [0.15, 0.2) is 157 Å². The van der Waals surface area contributed by atoms with Crippen LogP contribution in [0, 0.1) is 0 Å². The summed E-state index contributed by atoms with van der Waals surface area (Å²) in [6.45, 7) is 4.72. The molecule has 9 rings (SSSR count). The van der Waals surface area contributed by atoms with Crippen molar-refractivity contribution in [3.05, 3.63) is 179 Å². The summed E-state index contributed by atoms with van der Waals surface area (Å²) in [6.07, 6.45) is 0.977. The Hall–Kier alpha value is -5.50. The Bertz CT molecular complexity index is 2480. The third-order valence-electron chi connectivity index (χ3n) is 12.8. The molecule has 12 nitrogen and oxygen atoms in total. The zero-order valence-electron chi connectivity index (χ0n) is 36.4. The molecule has 0 spiro atoms. The lowest BCUT2D eigenvalue weighted by molar-refractivity contribution is -0.114.